The van der Waals surface area contributed by atoms with Crippen molar-refractivity contribution in [3.8, 4) is 0 Å². The average molecular weight is 499 g/mol. The van der Waals surface area contributed by atoms with Gasteiger partial charge >= 0.3 is 0 Å². The van der Waals surface area contributed by atoms with Crippen LogP contribution < -0.4 is 5.32 Å². The monoisotopic (exact) mass is 498 g/mol. The van der Waals surface area contributed by atoms with Crippen LogP contribution in [-0.2, 0) is 27.9 Å². The first kappa shape index (κ1) is 24.1. The molecule has 0 saturated carbocycles. The summed E-state index contributed by atoms with van der Waals surface area (Å²) in [6.07, 6.45) is 0. The number of carbonyl (C=O) groups excluding carboxylic acids is 1. The van der Waals surface area contributed by atoms with E-state index in [4.69, 9.17) is 23.2 Å². The number of rotatable bonds is 8. The third-order valence-electron chi connectivity index (χ3n) is 4.57. The first-order valence-corrected chi connectivity index (χ1v) is 11.6. The standard InChI is InChI=1S/C22H18Cl2F2N2O3S/c23-16-6-10-18(11-7-16)32(30,31)28(13-19-20(24)2-1-3-21(19)26)14-22(29)27-12-15-4-8-17(25)9-5-15/h1-11H,12-14H2,(H,27,29). The summed E-state index contributed by atoms with van der Waals surface area (Å²) in [4.78, 5) is 12.4. The molecule has 0 aliphatic carbocycles. The second kappa shape index (κ2) is 10.4. The minimum atomic E-state index is -4.19. The van der Waals surface area contributed by atoms with Crippen LogP contribution in [0.2, 0.25) is 10.0 Å². The van der Waals surface area contributed by atoms with Crippen molar-refractivity contribution in [1.82, 2.24) is 9.62 Å². The predicted molar refractivity (Wildman–Crippen MR) is 119 cm³/mol. The summed E-state index contributed by atoms with van der Waals surface area (Å²) in [6.45, 7) is -0.981. The van der Waals surface area contributed by atoms with Crippen LogP contribution in [0.3, 0.4) is 0 Å². The molecule has 3 rings (SSSR count). The van der Waals surface area contributed by atoms with Crippen molar-refractivity contribution in [2.75, 3.05) is 6.54 Å². The third kappa shape index (κ3) is 6.04. The summed E-state index contributed by atoms with van der Waals surface area (Å²) in [5.41, 5.74) is 0.571. The highest BCUT2D eigenvalue weighted by atomic mass is 35.5. The summed E-state index contributed by atoms with van der Waals surface area (Å²) in [7, 11) is -4.19. The zero-order chi connectivity index (χ0) is 23.3. The quantitative estimate of drug-likeness (QED) is 0.485. The zero-order valence-corrected chi connectivity index (χ0v) is 18.9. The van der Waals surface area contributed by atoms with Crippen LogP contribution in [0.1, 0.15) is 11.1 Å². The summed E-state index contributed by atoms with van der Waals surface area (Å²) in [5.74, 6) is -1.73. The van der Waals surface area contributed by atoms with Gasteiger partial charge in [-0.05, 0) is 54.1 Å². The van der Waals surface area contributed by atoms with Crippen LogP contribution in [0.5, 0.6) is 0 Å². The van der Waals surface area contributed by atoms with Crippen LogP contribution in [0, 0.1) is 11.6 Å². The molecule has 0 saturated heterocycles. The molecule has 10 heteroatoms. The van der Waals surface area contributed by atoms with E-state index >= 15 is 0 Å². The molecule has 168 valence electrons. The highest BCUT2D eigenvalue weighted by molar-refractivity contribution is 7.89. The van der Waals surface area contributed by atoms with Gasteiger partial charge in [0.15, 0.2) is 0 Å². The Bertz CT molecular complexity index is 1180. The SMILES string of the molecule is O=C(CN(Cc1c(F)cccc1Cl)S(=O)(=O)c1ccc(Cl)cc1)NCc1ccc(F)cc1. The van der Waals surface area contributed by atoms with E-state index in [1.807, 2.05) is 0 Å². The fraction of sp³-hybridized carbons (Fsp3) is 0.136. The Morgan fingerprint density at radius 3 is 2.22 bits per heavy atom. The number of nitrogens with one attached hydrogen (secondary N) is 1. The molecule has 1 amide bonds. The maximum Gasteiger partial charge on any atom is 0.243 e. The molecule has 0 unspecified atom stereocenters. The van der Waals surface area contributed by atoms with Gasteiger partial charge in [-0.25, -0.2) is 17.2 Å². The van der Waals surface area contributed by atoms with Gasteiger partial charge in [0.2, 0.25) is 15.9 Å². The van der Waals surface area contributed by atoms with Crippen LogP contribution >= 0.6 is 23.2 Å². The smallest absolute Gasteiger partial charge is 0.243 e. The van der Waals surface area contributed by atoms with Crippen molar-refractivity contribution in [2.45, 2.75) is 18.0 Å². The second-order valence-corrected chi connectivity index (χ2v) is 9.61. The van der Waals surface area contributed by atoms with Gasteiger partial charge in [-0.3, -0.25) is 4.79 Å². The van der Waals surface area contributed by atoms with Crippen molar-refractivity contribution in [1.29, 1.82) is 0 Å². The van der Waals surface area contributed by atoms with Gasteiger partial charge in [-0.15, -0.1) is 0 Å². The highest BCUT2D eigenvalue weighted by Gasteiger charge is 2.28. The van der Waals surface area contributed by atoms with E-state index in [9.17, 15) is 22.0 Å². The number of halogens is 4. The molecule has 1 N–H and O–H groups in total. The second-order valence-electron chi connectivity index (χ2n) is 6.83. The fourth-order valence-electron chi connectivity index (χ4n) is 2.86. The van der Waals surface area contributed by atoms with Crippen LogP contribution in [-0.4, -0.2) is 25.2 Å². The van der Waals surface area contributed by atoms with Gasteiger partial charge < -0.3 is 5.32 Å². The Morgan fingerprint density at radius 1 is 0.938 bits per heavy atom. The van der Waals surface area contributed by atoms with Crippen molar-refractivity contribution in [2.24, 2.45) is 0 Å². The number of hydrogen-bond acceptors (Lipinski definition) is 3. The molecule has 0 aliphatic rings. The largest absolute Gasteiger partial charge is 0.351 e. The molecule has 0 aliphatic heterocycles. The number of carbonyl (C=O) groups is 1. The van der Waals surface area contributed by atoms with Crippen molar-refractivity contribution in [3.05, 3.63) is 99.5 Å². The molecular formula is C22H18Cl2F2N2O3S. The molecule has 0 fully saturated rings. The number of sulfonamides is 1. The van der Waals surface area contributed by atoms with E-state index in [0.717, 1.165) is 10.4 Å². The predicted octanol–water partition coefficient (Wildman–Crippen LogP) is 4.78. The molecule has 0 aromatic heterocycles. The number of nitrogens with zero attached hydrogens (tertiary/aromatic N) is 1. The minimum Gasteiger partial charge on any atom is -0.351 e. The van der Waals surface area contributed by atoms with Crippen LogP contribution in [0.25, 0.3) is 0 Å². The molecule has 0 radical (unpaired) electrons. The summed E-state index contributed by atoms with van der Waals surface area (Å²) < 4.78 is 54.6. The Hall–Kier alpha value is -2.52. The third-order valence-corrected chi connectivity index (χ3v) is 6.98. The first-order valence-electron chi connectivity index (χ1n) is 9.36. The van der Waals surface area contributed by atoms with E-state index in [0.29, 0.717) is 10.6 Å². The molecule has 5 nitrogen and oxygen atoms in total. The zero-order valence-electron chi connectivity index (χ0n) is 16.6. The molecular weight excluding hydrogens is 481 g/mol. The van der Waals surface area contributed by atoms with E-state index in [1.165, 1.54) is 60.7 Å². The van der Waals surface area contributed by atoms with E-state index in [2.05, 4.69) is 5.32 Å². The van der Waals surface area contributed by atoms with Gasteiger partial charge in [0, 0.05) is 28.7 Å². The van der Waals surface area contributed by atoms with Gasteiger partial charge in [0.05, 0.1) is 11.4 Å². The molecule has 0 heterocycles. The normalized spacial score (nSPS) is 11.5. The molecule has 0 bridgehead atoms. The average Bonchev–Trinajstić information content (AvgIpc) is 2.75. The van der Waals surface area contributed by atoms with Crippen molar-refractivity contribution < 1.29 is 22.0 Å². The summed E-state index contributed by atoms with van der Waals surface area (Å²) in [6, 6.07) is 14.9. The van der Waals surface area contributed by atoms with Crippen molar-refractivity contribution >= 4 is 39.1 Å². The molecule has 0 spiro atoms. The van der Waals surface area contributed by atoms with Crippen LogP contribution in [0.4, 0.5) is 8.78 Å². The number of hydrogen-bond donors (Lipinski definition) is 1. The molecule has 3 aromatic rings. The Labute approximate surface area is 194 Å². The maximum absolute atomic E-state index is 14.3. The van der Waals surface area contributed by atoms with Gasteiger partial charge in [-0.1, -0.05) is 41.4 Å². The van der Waals surface area contributed by atoms with Gasteiger partial charge in [-0.2, -0.15) is 4.31 Å². The Balaban J connectivity index is 1.85. The lowest BCUT2D eigenvalue weighted by Gasteiger charge is -2.23. The number of amides is 1. The molecule has 0 atom stereocenters. The first-order chi connectivity index (χ1) is 15.2. The molecule has 3 aromatic carbocycles. The lowest BCUT2D eigenvalue weighted by atomic mass is 10.2. The maximum atomic E-state index is 14.3. The van der Waals surface area contributed by atoms with Crippen LogP contribution in [0.15, 0.2) is 71.6 Å². The lowest BCUT2D eigenvalue weighted by molar-refractivity contribution is -0.121. The van der Waals surface area contributed by atoms with E-state index in [-0.39, 0.29) is 22.0 Å². The minimum absolute atomic E-state index is 0.0352. The Kier molecular flexibility index (Phi) is 7.84. The van der Waals surface area contributed by atoms with E-state index in [1.54, 1.807) is 0 Å². The lowest BCUT2D eigenvalue weighted by Crippen LogP contribution is -2.40. The summed E-state index contributed by atoms with van der Waals surface area (Å²) >= 11 is 11.9. The van der Waals surface area contributed by atoms with Crippen molar-refractivity contribution in [3.63, 3.8) is 0 Å². The van der Waals surface area contributed by atoms with Gasteiger partial charge in [0.25, 0.3) is 0 Å². The van der Waals surface area contributed by atoms with E-state index < -0.39 is 40.7 Å². The fourth-order valence-corrected chi connectivity index (χ4v) is 4.57. The summed E-state index contributed by atoms with van der Waals surface area (Å²) in [5, 5.41) is 2.95. The molecule has 32 heavy (non-hydrogen) atoms. The topological polar surface area (TPSA) is 66.5 Å². The van der Waals surface area contributed by atoms with Gasteiger partial charge in [0.1, 0.15) is 11.6 Å². The Morgan fingerprint density at radius 2 is 1.59 bits per heavy atom. The number of benzene rings is 3. The highest BCUT2D eigenvalue weighted by Crippen LogP contribution is 2.25.